The maximum absolute atomic E-state index is 13.9. The van der Waals surface area contributed by atoms with Gasteiger partial charge in [0.1, 0.15) is 12.1 Å². The maximum Gasteiger partial charge on any atom is 0.194 e. The fourth-order valence-corrected chi connectivity index (χ4v) is 3.26. The van der Waals surface area contributed by atoms with Gasteiger partial charge in [-0.05, 0) is 18.2 Å². The Morgan fingerprint density at radius 1 is 1.32 bits per heavy atom. The van der Waals surface area contributed by atoms with E-state index < -0.39 is 0 Å². The number of aromatic nitrogens is 1. The monoisotopic (exact) mass is 409 g/mol. The van der Waals surface area contributed by atoms with Crippen LogP contribution in [0.1, 0.15) is 11.3 Å². The number of guanidine groups is 1. The summed E-state index contributed by atoms with van der Waals surface area (Å²) in [5.74, 6) is 0.573. The molecule has 0 amide bonds. The molecule has 1 fully saturated rings. The zero-order valence-electron chi connectivity index (χ0n) is 14.1. The van der Waals surface area contributed by atoms with Crippen molar-refractivity contribution >= 4 is 21.9 Å². The number of aliphatic imine (C=N–C) groups is 1. The smallest absolute Gasteiger partial charge is 0.194 e. The number of halogens is 2. The Kier molecular flexibility index (Phi) is 6.04. The molecule has 1 aromatic carbocycles. The van der Waals surface area contributed by atoms with Crippen LogP contribution in [0, 0.1) is 5.82 Å². The highest BCUT2D eigenvalue weighted by Crippen LogP contribution is 2.15. The van der Waals surface area contributed by atoms with Crippen molar-refractivity contribution in [1.29, 1.82) is 0 Å². The molecule has 0 bridgehead atoms. The summed E-state index contributed by atoms with van der Waals surface area (Å²) in [6.45, 7) is 4.74. The van der Waals surface area contributed by atoms with E-state index >= 15 is 0 Å². The zero-order valence-corrected chi connectivity index (χ0v) is 15.7. The summed E-state index contributed by atoms with van der Waals surface area (Å²) in [4.78, 5) is 8.85. The summed E-state index contributed by atoms with van der Waals surface area (Å²) in [7, 11) is 1.75. The van der Waals surface area contributed by atoms with Crippen molar-refractivity contribution in [3.8, 4) is 0 Å². The van der Waals surface area contributed by atoms with E-state index in [9.17, 15) is 4.39 Å². The summed E-state index contributed by atoms with van der Waals surface area (Å²) in [6.07, 6.45) is 1.60. The molecule has 0 saturated carbocycles. The second kappa shape index (κ2) is 8.44. The number of hydrogen-bond donors (Lipinski definition) is 1. The second-order valence-corrected chi connectivity index (χ2v) is 6.81. The Hall–Kier alpha value is -1.93. The first-order chi connectivity index (χ1) is 12.2. The van der Waals surface area contributed by atoms with E-state index in [1.54, 1.807) is 25.4 Å². The zero-order chi connectivity index (χ0) is 17.6. The Labute approximate surface area is 154 Å². The van der Waals surface area contributed by atoms with Crippen LogP contribution in [0.2, 0.25) is 0 Å². The van der Waals surface area contributed by atoms with E-state index in [1.165, 1.54) is 6.07 Å². The number of hydrogen-bond acceptors (Lipinski definition) is 4. The average molecular weight is 410 g/mol. The number of piperazine rings is 1. The molecule has 1 saturated heterocycles. The van der Waals surface area contributed by atoms with Gasteiger partial charge < -0.3 is 14.7 Å². The molecule has 25 heavy (non-hydrogen) atoms. The van der Waals surface area contributed by atoms with Crippen molar-refractivity contribution in [2.24, 2.45) is 4.99 Å². The minimum atomic E-state index is -0.219. The van der Waals surface area contributed by atoms with Crippen LogP contribution in [0.4, 0.5) is 4.39 Å². The number of rotatable bonds is 4. The lowest BCUT2D eigenvalue weighted by atomic mass is 10.2. The van der Waals surface area contributed by atoms with Gasteiger partial charge in [-0.3, -0.25) is 9.89 Å². The van der Waals surface area contributed by atoms with Crippen LogP contribution in [-0.4, -0.2) is 54.1 Å². The van der Waals surface area contributed by atoms with E-state index in [0.717, 1.165) is 48.8 Å². The molecule has 134 valence electrons. The molecule has 2 aromatic rings. The Bertz CT molecular complexity index is 714. The van der Waals surface area contributed by atoms with E-state index in [0.29, 0.717) is 12.1 Å². The van der Waals surface area contributed by atoms with Gasteiger partial charge in [-0.25, -0.2) is 4.39 Å². The average Bonchev–Trinajstić information content (AvgIpc) is 3.12. The molecule has 0 atom stereocenters. The highest BCUT2D eigenvalue weighted by Gasteiger charge is 2.20. The van der Waals surface area contributed by atoms with Crippen LogP contribution in [0.15, 0.2) is 44.5 Å². The lowest BCUT2D eigenvalue weighted by Crippen LogP contribution is -2.52. The predicted molar refractivity (Wildman–Crippen MR) is 97.7 cm³/mol. The van der Waals surface area contributed by atoms with Crippen molar-refractivity contribution in [3.05, 3.63) is 52.1 Å². The van der Waals surface area contributed by atoms with E-state index in [-0.39, 0.29) is 5.82 Å². The molecule has 1 N–H and O–H groups in total. The first-order valence-electron chi connectivity index (χ1n) is 8.17. The molecule has 1 aromatic heterocycles. The van der Waals surface area contributed by atoms with Crippen LogP contribution in [0.5, 0.6) is 0 Å². The molecule has 6 nitrogen and oxygen atoms in total. The first kappa shape index (κ1) is 17.9. The van der Waals surface area contributed by atoms with Crippen LogP contribution >= 0.6 is 15.9 Å². The third-order valence-corrected chi connectivity index (χ3v) is 4.70. The molecular weight excluding hydrogens is 389 g/mol. The standard InChI is InChI=1S/C17H21BrFN5O/c1-20-17(21-11-13-10-14(18)2-3-16(13)19)24-7-5-23(6-8-24)12-15-4-9-25-22-15/h2-4,9-10H,5-8,11-12H2,1H3,(H,20,21). The minimum Gasteiger partial charge on any atom is -0.364 e. The Morgan fingerprint density at radius 2 is 2.12 bits per heavy atom. The molecule has 8 heteroatoms. The molecule has 0 aliphatic carbocycles. The molecular formula is C17H21BrFN5O. The SMILES string of the molecule is CN=C(NCc1cc(Br)ccc1F)N1CCN(Cc2ccon2)CC1. The molecule has 0 unspecified atom stereocenters. The van der Waals surface area contributed by atoms with Gasteiger partial charge in [0, 0.05) is 62.4 Å². The van der Waals surface area contributed by atoms with Gasteiger partial charge in [-0.1, -0.05) is 21.1 Å². The summed E-state index contributed by atoms with van der Waals surface area (Å²) in [5, 5.41) is 7.21. The molecule has 3 rings (SSSR count). The second-order valence-electron chi connectivity index (χ2n) is 5.89. The van der Waals surface area contributed by atoms with Crippen LogP contribution in [0.25, 0.3) is 0 Å². The van der Waals surface area contributed by atoms with Crippen LogP contribution in [0.3, 0.4) is 0 Å². The van der Waals surface area contributed by atoms with Crippen molar-refractivity contribution in [2.75, 3.05) is 33.2 Å². The molecule has 1 aliphatic heterocycles. The van der Waals surface area contributed by atoms with Gasteiger partial charge in [-0.15, -0.1) is 0 Å². The Morgan fingerprint density at radius 3 is 2.80 bits per heavy atom. The van der Waals surface area contributed by atoms with Crippen molar-refractivity contribution in [2.45, 2.75) is 13.1 Å². The highest BCUT2D eigenvalue weighted by molar-refractivity contribution is 9.10. The summed E-state index contributed by atoms with van der Waals surface area (Å²) in [6, 6.07) is 6.83. The van der Waals surface area contributed by atoms with Crippen LogP contribution < -0.4 is 5.32 Å². The van der Waals surface area contributed by atoms with Gasteiger partial charge in [0.25, 0.3) is 0 Å². The fraction of sp³-hybridized carbons (Fsp3) is 0.412. The summed E-state index contributed by atoms with van der Waals surface area (Å²) in [5.41, 5.74) is 1.56. The van der Waals surface area contributed by atoms with Crippen molar-refractivity contribution in [1.82, 2.24) is 20.3 Å². The van der Waals surface area contributed by atoms with E-state index in [2.05, 4.69) is 41.2 Å². The lowest BCUT2D eigenvalue weighted by Gasteiger charge is -2.36. The minimum absolute atomic E-state index is 0.219. The molecule has 2 heterocycles. The quantitative estimate of drug-likeness (QED) is 0.620. The first-order valence-corrected chi connectivity index (χ1v) is 8.96. The normalized spacial score (nSPS) is 16.3. The number of benzene rings is 1. The maximum atomic E-state index is 13.9. The lowest BCUT2D eigenvalue weighted by molar-refractivity contribution is 0.169. The third-order valence-electron chi connectivity index (χ3n) is 4.21. The largest absolute Gasteiger partial charge is 0.364 e. The molecule has 0 radical (unpaired) electrons. The Balaban J connectivity index is 1.51. The summed E-state index contributed by atoms with van der Waals surface area (Å²) < 4.78 is 19.6. The van der Waals surface area contributed by atoms with Gasteiger partial charge in [0.15, 0.2) is 5.96 Å². The van der Waals surface area contributed by atoms with E-state index in [4.69, 9.17) is 4.52 Å². The van der Waals surface area contributed by atoms with Crippen molar-refractivity contribution in [3.63, 3.8) is 0 Å². The van der Waals surface area contributed by atoms with Gasteiger partial charge in [0.05, 0.1) is 5.69 Å². The number of nitrogens with zero attached hydrogens (tertiary/aromatic N) is 4. The van der Waals surface area contributed by atoms with Crippen molar-refractivity contribution < 1.29 is 8.91 Å². The van der Waals surface area contributed by atoms with Crippen LogP contribution in [-0.2, 0) is 13.1 Å². The predicted octanol–water partition coefficient (Wildman–Crippen LogP) is 2.47. The van der Waals surface area contributed by atoms with Gasteiger partial charge in [-0.2, -0.15) is 0 Å². The molecule has 0 spiro atoms. The molecule has 1 aliphatic rings. The van der Waals surface area contributed by atoms with Gasteiger partial charge in [0.2, 0.25) is 0 Å². The van der Waals surface area contributed by atoms with E-state index in [1.807, 2.05) is 6.07 Å². The summed E-state index contributed by atoms with van der Waals surface area (Å²) >= 11 is 3.38. The third kappa shape index (κ3) is 4.79. The highest BCUT2D eigenvalue weighted by atomic mass is 79.9. The topological polar surface area (TPSA) is 56.9 Å². The van der Waals surface area contributed by atoms with Gasteiger partial charge >= 0.3 is 0 Å². The number of nitrogens with one attached hydrogen (secondary N) is 1. The fourth-order valence-electron chi connectivity index (χ4n) is 2.85.